The Morgan fingerprint density at radius 1 is 1.05 bits per heavy atom. The minimum atomic E-state index is -4.64. The first-order chi connectivity index (χ1) is 9.84. The maximum absolute atomic E-state index is 13.7. The van der Waals surface area contributed by atoms with Crippen LogP contribution in [0.2, 0.25) is 0 Å². The molecule has 0 heterocycles. The summed E-state index contributed by atoms with van der Waals surface area (Å²) in [7, 11) is 1.34. The molecular formula is C15H11F4NO. The number of hydrogen-bond acceptors (Lipinski definition) is 2. The topological polar surface area (TPSA) is 20.3 Å². The molecule has 21 heavy (non-hydrogen) atoms. The van der Waals surface area contributed by atoms with E-state index in [9.17, 15) is 22.4 Å². The fourth-order valence-electron chi connectivity index (χ4n) is 2.00. The van der Waals surface area contributed by atoms with Crippen molar-refractivity contribution in [1.29, 1.82) is 0 Å². The van der Waals surface area contributed by atoms with E-state index >= 15 is 0 Å². The summed E-state index contributed by atoms with van der Waals surface area (Å²) in [6.07, 6.45) is -4.31. The van der Waals surface area contributed by atoms with Gasteiger partial charge >= 0.3 is 6.18 Å². The molecule has 0 spiro atoms. The number of benzene rings is 2. The Hall–Kier alpha value is -2.37. The molecule has 0 aliphatic heterocycles. The van der Waals surface area contributed by atoms with Gasteiger partial charge < -0.3 is 4.90 Å². The zero-order valence-corrected chi connectivity index (χ0v) is 11.0. The van der Waals surface area contributed by atoms with Gasteiger partial charge in [0.2, 0.25) is 0 Å². The van der Waals surface area contributed by atoms with E-state index in [0.717, 1.165) is 17.0 Å². The second-order valence-corrected chi connectivity index (χ2v) is 4.40. The molecule has 0 atom stereocenters. The van der Waals surface area contributed by atoms with E-state index in [1.807, 2.05) is 0 Å². The molecule has 0 fully saturated rings. The lowest BCUT2D eigenvalue weighted by molar-refractivity contribution is -0.137. The number of para-hydroxylation sites is 1. The summed E-state index contributed by atoms with van der Waals surface area (Å²) < 4.78 is 53.0. The van der Waals surface area contributed by atoms with E-state index in [1.54, 1.807) is 0 Å². The number of halogens is 4. The molecule has 0 saturated carbocycles. The van der Waals surface area contributed by atoms with E-state index in [1.165, 1.54) is 37.4 Å². The lowest BCUT2D eigenvalue weighted by Gasteiger charge is -2.24. The summed E-state index contributed by atoms with van der Waals surface area (Å²) in [5.41, 5.74) is -1.29. The molecule has 0 saturated heterocycles. The van der Waals surface area contributed by atoms with Gasteiger partial charge in [0.05, 0.1) is 16.9 Å². The number of rotatable bonds is 3. The Balaban J connectivity index is 2.58. The molecule has 0 aliphatic carbocycles. The third kappa shape index (κ3) is 3.04. The van der Waals surface area contributed by atoms with Crippen LogP contribution in [-0.4, -0.2) is 13.3 Å². The summed E-state index contributed by atoms with van der Waals surface area (Å²) in [4.78, 5) is 11.8. The maximum Gasteiger partial charge on any atom is 0.418 e. The largest absolute Gasteiger partial charge is 0.418 e. The Morgan fingerprint density at radius 2 is 1.71 bits per heavy atom. The Bertz CT molecular complexity index is 667. The van der Waals surface area contributed by atoms with Gasteiger partial charge in [0.15, 0.2) is 0 Å². The lowest BCUT2D eigenvalue weighted by atomic mass is 10.1. The minimum absolute atomic E-state index is 0.0156. The Labute approximate surface area is 118 Å². The predicted octanol–water partition coefficient (Wildman–Crippen LogP) is 4.42. The zero-order chi connectivity index (χ0) is 15.6. The minimum Gasteiger partial charge on any atom is -0.342 e. The van der Waals surface area contributed by atoms with Crippen LogP contribution in [0.15, 0.2) is 42.5 Å². The predicted molar refractivity (Wildman–Crippen MR) is 71.3 cm³/mol. The van der Waals surface area contributed by atoms with Crippen molar-refractivity contribution >= 4 is 17.7 Å². The maximum atomic E-state index is 13.7. The van der Waals surface area contributed by atoms with E-state index in [-0.39, 0.29) is 16.9 Å². The second-order valence-electron chi connectivity index (χ2n) is 4.40. The average Bonchev–Trinajstić information content (AvgIpc) is 2.45. The van der Waals surface area contributed by atoms with Gasteiger partial charge in [-0.3, -0.25) is 4.79 Å². The highest BCUT2D eigenvalue weighted by Crippen LogP contribution is 2.39. The van der Waals surface area contributed by atoms with Crippen LogP contribution >= 0.6 is 0 Å². The smallest absolute Gasteiger partial charge is 0.342 e. The highest BCUT2D eigenvalue weighted by Gasteiger charge is 2.35. The van der Waals surface area contributed by atoms with Gasteiger partial charge in [-0.05, 0) is 30.3 Å². The summed E-state index contributed by atoms with van der Waals surface area (Å²) in [6, 6.07) is 8.68. The average molecular weight is 297 g/mol. The van der Waals surface area contributed by atoms with Crippen LogP contribution < -0.4 is 4.90 Å². The zero-order valence-electron chi connectivity index (χ0n) is 11.0. The van der Waals surface area contributed by atoms with Crippen molar-refractivity contribution in [2.75, 3.05) is 11.9 Å². The lowest BCUT2D eigenvalue weighted by Crippen LogP contribution is -2.17. The van der Waals surface area contributed by atoms with Crippen LogP contribution in [0.25, 0.3) is 0 Å². The van der Waals surface area contributed by atoms with Crippen molar-refractivity contribution in [3.05, 3.63) is 59.4 Å². The number of hydrogen-bond donors (Lipinski definition) is 0. The molecule has 110 valence electrons. The van der Waals surface area contributed by atoms with Crippen molar-refractivity contribution in [2.45, 2.75) is 6.18 Å². The van der Waals surface area contributed by atoms with Crippen LogP contribution in [-0.2, 0) is 6.18 Å². The van der Waals surface area contributed by atoms with Crippen molar-refractivity contribution in [3.63, 3.8) is 0 Å². The highest BCUT2D eigenvalue weighted by molar-refractivity contribution is 5.78. The molecule has 0 unspecified atom stereocenters. The fraction of sp³-hybridized carbons (Fsp3) is 0.133. The molecule has 0 N–H and O–H groups in total. The van der Waals surface area contributed by atoms with Crippen molar-refractivity contribution in [3.8, 4) is 0 Å². The normalized spacial score (nSPS) is 11.3. The van der Waals surface area contributed by atoms with Crippen LogP contribution in [0.4, 0.5) is 28.9 Å². The van der Waals surface area contributed by atoms with Gasteiger partial charge in [-0.15, -0.1) is 0 Å². The van der Waals surface area contributed by atoms with Crippen LogP contribution in [0.3, 0.4) is 0 Å². The van der Waals surface area contributed by atoms with E-state index in [4.69, 9.17) is 0 Å². The molecule has 0 radical (unpaired) electrons. The number of carbonyl (C=O) groups excluding carboxylic acids is 1. The molecule has 0 aromatic heterocycles. The SMILES string of the molecule is CN(c1ccccc1F)c1ccc(C=O)cc1C(F)(F)F. The first kappa shape index (κ1) is 15.0. The molecular weight excluding hydrogens is 286 g/mol. The second kappa shape index (κ2) is 5.55. The first-order valence-corrected chi connectivity index (χ1v) is 5.99. The van der Waals surface area contributed by atoms with E-state index in [0.29, 0.717) is 6.29 Å². The number of nitrogens with zero attached hydrogens (tertiary/aromatic N) is 1. The quantitative estimate of drug-likeness (QED) is 0.617. The molecule has 2 rings (SSSR count). The first-order valence-electron chi connectivity index (χ1n) is 5.99. The summed E-state index contributed by atoms with van der Waals surface area (Å²) >= 11 is 0. The van der Waals surface area contributed by atoms with Crippen LogP contribution in [0.1, 0.15) is 15.9 Å². The van der Waals surface area contributed by atoms with Crippen molar-refractivity contribution in [1.82, 2.24) is 0 Å². The summed E-state index contributed by atoms with van der Waals surface area (Å²) in [5, 5.41) is 0. The van der Waals surface area contributed by atoms with Gasteiger partial charge in [0.1, 0.15) is 12.1 Å². The van der Waals surface area contributed by atoms with Crippen LogP contribution in [0, 0.1) is 5.82 Å². The summed E-state index contributed by atoms with van der Waals surface area (Å²) in [6.45, 7) is 0. The standard InChI is InChI=1S/C15H11F4NO/c1-20(14-5-3-2-4-12(14)16)13-7-6-10(9-21)8-11(13)15(17,18)19/h2-9H,1H3. The van der Waals surface area contributed by atoms with Crippen molar-refractivity contribution in [2.24, 2.45) is 0 Å². The van der Waals surface area contributed by atoms with Gasteiger partial charge in [-0.2, -0.15) is 13.2 Å². The number of alkyl halides is 3. The molecule has 0 bridgehead atoms. The molecule has 2 nitrogen and oxygen atoms in total. The number of anilines is 2. The third-order valence-electron chi connectivity index (χ3n) is 3.04. The monoisotopic (exact) mass is 297 g/mol. The number of aldehydes is 1. The third-order valence-corrected chi connectivity index (χ3v) is 3.04. The van der Waals surface area contributed by atoms with E-state index < -0.39 is 17.6 Å². The van der Waals surface area contributed by atoms with Gasteiger partial charge in [0.25, 0.3) is 0 Å². The van der Waals surface area contributed by atoms with Crippen molar-refractivity contribution < 1.29 is 22.4 Å². The van der Waals surface area contributed by atoms with Crippen LogP contribution in [0.5, 0.6) is 0 Å². The summed E-state index contributed by atoms with van der Waals surface area (Å²) in [5.74, 6) is -0.632. The van der Waals surface area contributed by atoms with Gasteiger partial charge in [-0.25, -0.2) is 4.39 Å². The Morgan fingerprint density at radius 3 is 2.29 bits per heavy atom. The van der Waals surface area contributed by atoms with Gasteiger partial charge in [-0.1, -0.05) is 12.1 Å². The molecule has 0 aliphatic rings. The Kier molecular flexibility index (Phi) is 3.97. The molecule has 0 amide bonds. The molecule has 2 aromatic rings. The highest BCUT2D eigenvalue weighted by atomic mass is 19.4. The fourth-order valence-corrected chi connectivity index (χ4v) is 2.00. The number of carbonyl (C=O) groups is 1. The molecule has 6 heteroatoms. The molecule has 2 aromatic carbocycles. The van der Waals surface area contributed by atoms with Gasteiger partial charge in [0, 0.05) is 12.6 Å². The van der Waals surface area contributed by atoms with E-state index in [2.05, 4.69) is 0 Å².